The third-order valence-electron chi connectivity index (χ3n) is 7.52. The van der Waals surface area contributed by atoms with Gasteiger partial charge in [0.2, 0.25) is 0 Å². The maximum atomic E-state index is 13.2. The van der Waals surface area contributed by atoms with Gasteiger partial charge in [0.05, 0.1) is 33.0 Å². The maximum Gasteiger partial charge on any atom is 0.181 e. The molecule has 5 rings (SSSR count). The van der Waals surface area contributed by atoms with E-state index in [1.165, 1.54) is 29.8 Å². The zero-order valence-corrected chi connectivity index (χ0v) is 24.9. The molecule has 11 heteroatoms. The minimum atomic E-state index is -1.19. The van der Waals surface area contributed by atoms with E-state index in [2.05, 4.69) is 43.9 Å². The van der Waals surface area contributed by atoms with Crippen LogP contribution in [0.1, 0.15) is 68.2 Å². The number of rotatable bonds is 6. The molecule has 0 saturated carbocycles. The number of nitrogens with two attached hydrogens (primary N) is 1. The Labute approximate surface area is 241 Å². The number of anilines is 2. The van der Waals surface area contributed by atoms with Gasteiger partial charge < -0.3 is 10.6 Å². The van der Waals surface area contributed by atoms with Crippen molar-refractivity contribution in [3.63, 3.8) is 0 Å². The molecule has 1 aromatic carbocycles. The van der Waals surface area contributed by atoms with Crippen molar-refractivity contribution in [3.05, 3.63) is 64.6 Å². The fraction of sp³-hybridized carbons (Fsp3) is 0.429. The molecule has 2 aromatic heterocycles. The van der Waals surface area contributed by atoms with Crippen LogP contribution in [0.4, 0.5) is 11.6 Å². The highest BCUT2D eigenvalue weighted by Gasteiger charge is 2.49. The summed E-state index contributed by atoms with van der Waals surface area (Å²) >= 11 is 7.60. The quantitative estimate of drug-likeness (QED) is 0.370. The van der Waals surface area contributed by atoms with Gasteiger partial charge in [0.25, 0.3) is 0 Å². The Morgan fingerprint density at radius 3 is 2.62 bits per heavy atom. The number of halogens is 1. The van der Waals surface area contributed by atoms with Gasteiger partial charge >= 0.3 is 0 Å². The van der Waals surface area contributed by atoms with Gasteiger partial charge in [0, 0.05) is 31.1 Å². The number of fused-ring (bicyclic) bond motifs is 1. The summed E-state index contributed by atoms with van der Waals surface area (Å²) in [6.45, 7) is 8.94. The van der Waals surface area contributed by atoms with E-state index in [1.807, 2.05) is 20.8 Å². The van der Waals surface area contributed by atoms with Crippen LogP contribution in [-0.4, -0.2) is 42.8 Å². The average molecular weight is 585 g/mol. The molecule has 8 nitrogen and oxygen atoms in total. The second kappa shape index (κ2) is 10.8. The van der Waals surface area contributed by atoms with Crippen LogP contribution < -0.4 is 15.4 Å². The smallest absolute Gasteiger partial charge is 0.181 e. The lowest BCUT2D eigenvalue weighted by Gasteiger charge is -2.44. The molecule has 2 atom stereocenters. The van der Waals surface area contributed by atoms with Gasteiger partial charge in [-0.2, -0.15) is 0 Å². The average Bonchev–Trinajstić information content (AvgIpc) is 3.19. The highest BCUT2D eigenvalue weighted by atomic mass is 35.5. The molecule has 1 aliphatic heterocycles. The number of carbonyl (C=O) groups is 1. The van der Waals surface area contributed by atoms with Gasteiger partial charge in [0.1, 0.15) is 16.5 Å². The first-order valence-electron chi connectivity index (χ1n) is 13.0. The number of hydrogen-bond donors (Lipinski definition) is 2. The first-order valence-corrected chi connectivity index (χ1v) is 15.3. The minimum absolute atomic E-state index is 0.00518. The number of nitrogen functional groups attached to an aromatic ring is 1. The predicted octanol–water partition coefficient (Wildman–Crippen LogP) is 5.40. The molecule has 39 heavy (non-hydrogen) atoms. The molecule has 3 aromatic rings. The van der Waals surface area contributed by atoms with E-state index in [-0.39, 0.29) is 27.8 Å². The van der Waals surface area contributed by atoms with E-state index in [1.54, 1.807) is 18.5 Å². The number of pyridine rings is 1. The molecule has 1 aliphatic carbocycles. The fourth-order valence-corrected chi connectivity index (χ4v) is 7.37. The van der Waals surface area contributed by atoms with Gasteiger partial charge in [-0.1, -0.05) is 47.6 Å². The maximum absolute atomic E-state index is 13.2. The van der Waals surface area contributed by atoms with Crippen LogP contribution in [0.25, 0.3) is 0 Å². The molecule has 0 bridgehead atoms. The molecule has 1 spiro atoms. The van der Waals surface area contributed by atoms with Gasteiger partial charge in [-0.3, -0.25) is 4.79 Å². The summed E-state index contributed by atoms with van der Waals surface area (Å²) in [5.41, 5.74) is 8.67. The Morgan fingerprint density at radius 1 is 1.21 bits per heavy atom. The zero-order chi connectivity index (χ0) is 27.9. The van der Waals surface area contributed by atoms with Crippen molar-refractivity contribution in [2.45, 2.75) is 67.7 Å². The van der Waals surface area contributed by atoms with Crippen LogP contribution >= 0.6 is 23.4 Å². The molecule has 1 saturated heterocycles. The lowest BCUT2D eigenvalue weighted by atomic mass is 9.73. The number of piperidine rings is 1. The van der Waals surface area contributed by atoms with Crippen LogP contribution in [-0.2, 0) is 17.4 Å². The second-order valence-electron chi connectivity index (χ2n) is 11.2. The first kappa shape index (κ1) is 28.0. The zero-order valence-electron chi connectivity index (χ0n) is 22.5. The number of nitrogens with one attached hydrogen (secondary N) is 1. The Kier molecular flexibility index (Phi) is 7.76. The topological polar surface area (TPSA) is 114 Å². The van der Waals surface area contributed by atoms with Crippen molar-refractivity contribution in [1.29, 1.82) is 0 Å². The molecular formula is C28H33ClN6O2S2. The van der Waals surface area contributed by atoms with Crippen LogP contribution in [0.5, 0.6) is 0 Å². The monoisotopic (exact) mass is 584 g/mol. The van der Waals surface area contributed by atoms with Gasteiger partial charge in [-0.05, 0) is 62.6 Å². The van der Waals surface area contributed by atoms with Crippen LogP contribution in [0.3, 0.4) is 0 Å². The normalized spacial score (nSPS) is 19.2. The number of benzene rings is 1. The fourth-order valence-electron chi connectivity index (χ4n) is 5.41. The molecule has 3 N–H and O–H groups in total. The summed E-state index contributed by atoms with van der Waals surface area (Å²) in [6, 6.07) is 10.2. The minimum Gasteiger partial charge on any atom is -0.382 e. The predicted molar refractivity (Wildman–Crippen MR) is 158 cm³/mol. The number of carbonyl (C=O) groups excluding carboxylic acids is 1. The van der Waals surface area contributed by atoms with Crippen molar-refractivity contribution in [2.24, 2.45) is 5.41 Å². The molecule has 0 amide bonds. The van der Waals surface area contributed by atoms with E-state index < -0.39 is 11.0 Å². The van der Waals surface area contributed by atoms with Crippen LogP contribution in [0, 0.1) is 5.41 Å². The largest absolute Gasteiger partial charge is 0.382 e. The second-order valence-corrected chi connectivity index (χ2v) is 14.6. The summed E-state index contributed by atoms with van der Waals surface area (Å²) in [5.74, 6) is 0.697. The molecule has 1 fully saturated rings. The van der Waals surface area contributed by atoms with Crippen molar-refractivity contribution < 1.29 is 9.00 Å². The molecule has 3 heterocycles. The number of aromatic nitrogens is 3. The Morgan fingerprint density at radius 2 is 1.92 bits per heavy atom. The van der Waals surface area contributed by atoms with Crippen molar-refractivity contribution in [1.82, 2.24) is 19.7 Å². The van der Waals surface area contributed by atoms with Gasteiger partial charge in [-0.25, -0.2) is 23.9 Å². The van der Waals surface area contributed by atoms with Crippen LogP contribution in [0.2, 0.25) is 5.02 Å². The highest BCUT2D eigenvalue weighted by Crippen LogP contribution is 2.52. The van der Waals surface area contributed by atoms with Crippen molar-refractivity contribution in [2.75, 3.05) is 23.7 Å². The number of nitrogens with zero attached hydrogens (tertiary/aromatic N) is 4. The Hall–Kier alpha value is -2.53. The van der Waals surface area contributed by atoms with E-state index in [0.29, 0.717) is 26.5 Å². The van der Waals surface area contributed by atoms with Crippen LogP contribution in [0.15, 0.2) is 52.6 Å². The van der Waals surface area contributed by atoms with E-state index in [0.717, 1.165) is 32.4 Å². The lowest BCUT2D eigenvalue weighted by molar-refractivity contribution is 0.101. The third-order valence-corrected chi connectivity index (χ3v) is 10.6. The van der Waals surface area contributed by atoms with E-state index in [9.17, 15) is 9.00 Å². The summed E-state index contributed by atoms with van der Waals surface area (Å²) in [7, 11) is -1.19. The molecular weight excluding hydrogens is 552 g/mol. The number of ketones is 1. The van der Waals surface area contributed by atoms with E-state index in [4.69, 9.17) is 22.3 Å². The summed E-state index contributed by atoms with van der Waals surface area (Å²) in [6.07, 6.45) is 5.95. The SMILES string of the molecule is CC(=O)c1nc(Sc2ccnc(N)c2Cl)cnc1N1CCC2(CC1)Cc1ccccc1[C@H]2NS(=O)C(C)(C)C. The lowest BCUT2D eigenvalue weighted by Crippen LogP contribution is -2.48. The number of hydrogen-bond acceptors (Lipinski definition) is 8. The van der Waals surface area contributed by atoms with E-state index >= 15 is 0 Å². The standard InChI is InChI=1S/C28H33ClN6O2S2/c1-17(36)23-26(32-16-21(33-23)38-20-9-12-31-25(30)22(20)29)35-13-10-28(11-14-35)15-18-7-5-6-8-19(18)24(28)34-39(37)27(2,3)4/h5-9,12,16,24,34H,10-11,13-15H2,1-4H3,(H2,30,31)/t24-,39?/m1/s1. The third kappa shape index (κ3) is 5.57. The summed E-state index contributed by atoms with van der Waals surface area (Å²) < 4.78 is 16.3. The Bertz CT molecular complexity index is 1440. The first-order chi connectivity index (χ1) is 18.5. The molecule has 1 unspecified atom stereocenters. The van der Waals surface area contributed by atoms with Crippen molar-refractivity contribution >= 4 is 51.8 Å². The summed E-state index contributed by atoms with van der Waals surface area (Å²) in [5, 5.41) is 0.914. The van der Waals surface area contributed by atoms with Gasteiger partial charge in [0.15, 0.2) is 11.6 Å². The van der Waals surface area contributed by atoms with Gasteiger partial charge in [-0.15, -0.1) is 0 Å². The number of Topliss-reactive ketones (excluding diaryl/α,β-unsaturated/α-hetero) is 1. The highest BCUT2D eigenvalue weighted by molar-refractivity contribution is 7.99. The molecule has 206 valence electrons. The molecule has 0 radical (unpaired) electrons. The molecule has 2 aliphatic rings. The Balaban J connectivity index is 1.38. The van der Waals surface area contributed by atoms with Crippen molar-refractivity contribution in [3.8, 4) is 0 Å². The summed E-state index contributed by atoms with van der Waals surface area (Å²) in [4.78, 5) is 28.9.